The number of hydrogen-bond donors (Lipinski definition) is 1. The molecule has 0 aromatic heterocycles. The van der Waals surface area contributed by atoms with E-state index in [0.717, 1.165) is 19.3 Å². The zero-order valence-corrected chi connectivity index (χ0v) is 16.9. The molecular weight excluding hydrogens is 382 g/mol. The summed E-state index contributed by atoms with van der Waals surface area (Å²) in [5, 5.41) is 2.93. The van der Waals surface area contributed by atoms with Crippen molar-refractivity contribution in [1.82, 2.24) is 5.32 Å². The zero-order chi connectivity index (χ0) is 21.5. The number of nitrogens with one attached hydrogen (secondary N) is 1. The molecule has 3 rings (SSSR count). The lowest BCUT2D eigenvalue weighted by Gasteiger charge is -2.29. The van der Waals surface area contributed by atoms with Gasteiger partial charge in [-0.05, 0) is 30.9 Å². The molecule has 2 aromatic rings. The molecule has 1 fully saturated rings. The fourth-order valence-corrected chi connectivity index (χ4v) is 3.60. The van der Waals surface area contributed by atoms with Gasteiger partial charge in [0.1, 0.15) is 0 Å². The molecule has 0 unspecified atom stereocenters. The van der Waals surface area contributed by atoms with Gasteiger partial charge in [0.15, 0.2) is 6.61 Å². The van der Waals surface area contributed by atoms with E-state index in [1.54, 1.807) is 30.3 Å². The zero-order valence-electron chi connectivity index (χ0n) is 16.9. The second-order valence-corrected chi connectivity index (χ2v) is 7.61. The first-order chi connectivity index (χ1) is 14.5. The van der Waals surface area contributed by atoms with Crippen LogP contribution in [0.15, 0.2) is 54.6 Å². The summed E-state index contributed by atoms with van der Waals surface area (Å²) in [6.45, 7) is 1.76. The number of Topliss-reactive ketones (excluding diaryl/α,β-unsaturated/α-hetero) is 2. The van der Waals surface area contributed by atoms with Gasteiger partial charge < -0.3 is 10.1 Å². The molecule has 0 spiro atoms. The average molecular weight is 407 g/mol. The molecule has 0 saturated heterocycles. The first kappa shape index (κ1) is 21.4. The van der Waals surface area contributed by atoms with E-state index in [4.69, 9.17) is 4.74 Å². The lowest BCUT2D eigenvalue weighted by molar-refractivity contribution is -0.125. The van der Waals surface area contributed by atoms with Crippen LogP contribution in [-0.4, -0.2) is 36.1 Å². The summed E-state index contributed by atoms with van der Waals surface area (Å²) in [4.78, 5) is 48.8. The van der Waals surface area contributed by atoms with E-state index in [1.165, 1.54) is 30.7 Å². The SMILES string of the molecule is C[C@@H]1CCCC[C@@H]1NC(=O)COC(=O)c1ccc(C(=O)C(=O)c2ccccc2)cc1. The summed E-state index contributed by atoms with van der Waals surface area (Å²) in [6.07, 6.45) is 4.30. The number of carbonyl (C=O) groups excluding carboxylic acids is 4. The van der Waals surface area contributed by atoms with Crippen LogP contribution in [0.4, 0.5) is 0 Å². The van der Waals surface area contributed by atoms with Crippen LogP contribution < -0.4 is 5.32 Å². The maximum atomic E-state index is 12.3. The Morgan fingerprint density at radius 3 is 2.03 bits per heavy atom. The average Bonchev–Trinajstić information content (AvgIpc) is 2.78. The smallest absolute Gasteiger partial charge is 0.338 e. The van der Waals surface area contributed by atoms with Gasteiger partial charge in [0, 0.05) is 17.2 Å². The molecule has 0 aliphatic heterocycles. The first-order valence-corrected chi connectivity index (χ1v) is 10.2. The molecule has 1 N–H and O–H groups in total. The van der Waals surface area contributed by atoms with Crippen LogP contribution in [0.3, 0.4) is 0 Å². The topological polar surface area (TPSA) is 89.5 Å². The molecule has 0 bridgehead atoms. The van der Waals surface area contributed by atoms with Gasteiger partial charge in [-0.15, -0.1) is 0 Å². The third kappa shape index (κ3) is 5.41. The number of amides is 1. The number of rotatable bonds is 7. The van der Waals surface area contributed by atoms with Crippen molar-refractivity contribution in [2.75, 3.05) is 6.61 Å². The first-order valence-electron chi connectivity index (χ1n) is 10.2. The lowest BCUT2D eigenvalue weighted by Crippen LogP contribution is -2.42. The summed E-state index contributed by atoms with van der Waals surface area (Å²) in [5.41, 5.74) is 0.700. The van der Waals surface area contributed by atoms with Crippen molar-refractivity contribution in [3.63, 3.8) is 0 Å². The van der Waals surface area contributed by atoms with Crippen LogP contribution in [0.25, 0.3) is 0 Å². The van der Waals surface area contributed by atoms with Crippen LogP contribution in [0, 0.1) is 5.92 Å². The van der Waals surface area contributed by atoms with E-state index < -0.39 is 17.5 Å². The minimum Gasteiger partial charge on any atom is -0.452 e. The summed E-state index contributed by atoms with van der Waals surface area (Å²) in [6, 6.07) is 14.0. The number of ether oxygens (including phenoxy) is 1. The van der Waals surface area contributed by atoms with Crippen molar-refractivity contribution >= 4 is 23.4 Å². The normalized spacial score (nSPS) is 18.3. The summed E-state index contributed by atoms with van der Waals surface area (Å²) in [7, 11) is 0. The predicted octanol–water partition coefficient (Wildman–Crippen LogP) is 3.60. The molecule has 0 heterocycles. The van der Waals surface area contributed by atoms with Gasteiger partial charge in [0.2, 0.25) is 11.6 Å². The molecule has 2 aromatic carbocycles. The van der Waals surface area contributed by atoms with Gasteiger partial charge >= 0.3 is 5.97 Å². The van der Waals surface area contributed by atoms with Gasteiger partial charge in [-0.2, -0.15) is 0 Å². The summed E-state index contributed by atoms with van der Waals surface area (Å²) >= 11 is 0. The quantitative estimate of drug-likeness (QED) is 0.430. The van der Waals surface area contributed by atoms with Crippen molar-refractivity contribution in [2.45, 2.75) is 38.6 Å². The van der Waals surface area contributed by atoms with Crippen molar-refractivity contribution in [1.29, 1.82) is 0 Å². The number of benzene rings is 2. The van der Waals surface area contributed by atoms with E-state index in [1.807, 2.05) is 0 Å². The Hall–Kier alpha value is -3.28. The lowest BCUT2D eigenvalue weighted by atomic mass is 9.86. The number of ketones is 2. The molecule has 6 heteroatoms. The molecule has 1 amide bonds. The maximum absolute atomic E-state index is 12.3. The standard InChI is InChI=1S/C24H25NO5/c1-16-7-5-6-10-20(16)25-21(26)15-30-24(29)19-13-11-18(12-14-19)23(28)22(27)17-8-3-2-4-9-17/h2-4,8-9,11-14,16,20H,5-7,10,15H2,1H3,(H,25,26)/t16-,20+/m1/s1. The van der Waals surface area contributed by atoms with E-state index in [-0.39, 0.29) is 29.7 Å². The van der Waals surface area contributed by atoms with E-state index in [2.05, 4.69) is 12.2 Å². The minimum atomic E-state index is -0.657. The third-order valence-electron chi connectivity index (χ3n) is 5.42. The maximum Gasteiger partial charge on any atom is 0.338 e. The highest BCUT2D eigenvalue weighted by molar-refractivity contribution is 6.49. The Kier molecular flexibility index (Phi) is 7.12. The van der Waals surface area contributed by atoms with Crippen molar-refractivity contribution in [2.24, 2.45) is 5.92 Å². The van der Waals surface area contributed by atoms with E-state index >= 15 is 0 Å². The Bertz CT molecular complexity index is 920. The fraction of sp³-hybridized carbons (Fsp3) is 0.333. The molecule has 1 saturated carbocycles. The Morgan fingerprint density at radius 1 is 0.833 bits per heavy atom. The highest BCUT2D eigenvalue weighted by atomic mass is 16.5. The number of hydrogen-bond acceptors (Lipinski definition) is 5. The van der Waals surface area contributed by atoms with Gasteiger partial charge in [-0.1, -0.05) is 62.2 Å². The number of esters is 1. The molecule has 0 radical (unpaired) electrons. The molecule has 2 atom stereocenters. The second kappa shape index (κ2) is 9.96. The van der Waals surface area contributed by atoms with E-state index in [0.29, 0.717) is 11.5 Å². The Labute approximate surface area is 175 Å². The molecule has 1 aliphatic rings. The highest BCUT2D eigenvalue weighted by Crippen LogP contribution is 2.23. The molecule has 6 nitrogen and oxygen atoms in total. The van der Waals surface area contributed by atoms with Gasteiger partial charge in [0.25, 0.3) is 5.91 Å². The van der Waals surface area contributed by atoms with E-state index in [9.17, 15) is 19.2 Å². The largest absolute Gasteiger partial charge is 0.452 e. The predicted molar refractivity (Wildman–Crippen MR) is 111 cm³/mol. The van der Waals surface area contributed by atoms with Crippen molar-refractivity contribution in [3.05, 3.63) is 71.3 Å². The van der Waals surface area contributed by atoms with Crippen LogP contribution in [0.5, 0.6) is 0 Å². The molecule has 30 heavy (non-hydrogen) atoms. The fourth-order valence-electron chi connectivity index (χ4n) is 3.60. The summed E-state index contributed by atoms with van der Waals surface area (Å²) in [5.74, 6) is -1.82. The Balaban J connectivity index is 1.52. The van der Waals surface area contributed by atoms with Crippen LogP contribution in [0.1, 0.15) is 63.7 Å². The second-order valence-electron chi connectivity index (χ2n) is 7.61. The van der Waals surface area contributed by atoms with Gasteiger partial charge in [-0.25, -0.2) is 4.79 Å². The highest BCUT2D eigenvalue weighted by Gasteiger charge is 2.23. The molecular formula is C24H25NO5. The minimum absolute atomic E-state index is 0.123. The van der Waals surface area contributed by atoms with Crippen molar-refractivity contribution < 1.29 is 23.9 Å². The summed E-state index contributed by atoms with van der Waals surface area (Å²) < 4.78 is 5.08. The molecule has 156 valence electrons. The monoisotopic (exact) mass is 407 g/mol. The van der Waals surface area contributed by atoms with Crippen LogP contribution in [0.2, 0.25) is 0 Å². The van der Waals surface area contributed by atoms with Gasteiger partial charge in [-0.3, -0.25) is 14.4 Å². The third-order valence-corrected chi connectivity index (χ3v) is 5.42. The Morgan fingerprint density at radius 2 is 1.40 bits per heavy atom. The van der Waals surface area contributed by atoms with Gasteiger partial charge in [0.05, 0.1) is 5.56 Å². The van der Waals surface area contributed by atoms with Crippen molar-refractivity contribution in [3.8, 4) is 0 Å². The molecule has 1 aliphatic carbocycles. The number of carbonyl (C=O) groups is 4. The van der Waals surface area contributed by atoms with Crippen LogP contribution >= 0.6 is 0 Å². The van der Waals surface area contributed by atoms with Crippen LogP contribution in [-0.2, 0) is 9.53 Å².